The van der Waals surface area contributed by atoms with Crippen LogP contribution in [0.25, 0.3) is 0 Å². The number of thioether (sulfide) groups is 1. The molecule has 3 aromatic rings. The molecule has 33 heavy (non-hydrogen) atoms. The van der Waals surface area contributed by atoms with Crippen molar-refractivity contribution in [2.75, 3.05) is 5.32 Å². The first-order valence-corrected chi connectivity index (χ1v) is 11.6. The number of carbonyl (C=O) groups excluding carboxylic acids is 2. The molecule has 168 valence electrons. The molecule has 1 N–H and O–H groups in total. The molecule has 0 saturated carbocycles. The maximum Gasteiger partial charge on any atom is 0.242 e. The number of hydrogen-bond acceptors (Lipinski definition) is 4. The number of amides is 2. The fourth-order valence-electron chi connectivity index (χ4n) is 3.34. The largest absolute Gasteiger partial charge is 0.326 e. The Balaban J connectivity index is 1.54. The number of nitrogens with zero attached hydrogens (tertiary/aromatic N) is 2. The van der Waals surface area contributed by atoms with Crippen LogP contribution in [0.3, 0.4) is 0 Å². The fourth-order valence-corrected chi connectivity index (χ4v) is 4.68. The zero-order valence-electron chi connectivity index (χ0n) is 17.8. The molecule has 1 fully saturated rings. The van der Waals surface area contributed by atoms with Crippen molar-refractivity contribution < 1.29 is 14.0 Å². The molecule has 1 aliphatic rings. The second kappa shape index (κ2) is 10.2. The van der Waals surface area contributed by atoms with Crippen LogP contribution in [0.1, 0.15) is 17.5 Å². The first-order valence-electron chi connectivity index (χ1n) is 10.3. The molecule has 1 aliphatic heterocycles. The van der Waals surface area contributed by atoms with Gasteiger partial charge in [0, 0.05) is 17.1 Å². The number of carbonyl (C=O) groups is 2. The van der Waals surface area contributed by atoms with Crippen LogP contribution in [0.15, 0.2) is 77.8 Å². The van der Waals surface area contributed by atoms with Crippen molar-refractivity contribution in [2.45, 2.75) is 25.1 Å². The summed E-state index contributed by atoms with van der Waals surface area (Å²) in [6.45, 7) is 2.19. The van der Waals surface area contributed by atoms with E-state index in [1.807, 2.05) is 43.3 Å². The van der Waals surface area contributed by atoms with E-state index in [4.69, 9.17) is 11.6 Å². The number of aliphatic imine (C=N–C) groups is 1. The molecule has 2 amide bonds. The average Bonchev–Trinajstić information content (AvgIpc) is 3.05. The van der Waals surface area contributed by atoms with Gasteiger partial charge in [-0.25, -0.2) is 9.38 Å². The summed E-state index contributed by atoms with van der Waals surface area (Å²) in [4.78, 5) is 31.9. The predicted molar refractivity (Wildman–Crippen MR) is 131 cm³/mol. The molecule has 0 bridgehead atoms. The van der Waals surface area contributed by atoms with Crippen LogP contribution in [0.5, 0.6) is 0 Å². The molecule has 0 aliphatic carbocycles. The molecule has 4 rings (SSSR count). The molecule has 1 unspecified atom stereocenters. The summed E-state index contributed by atoms with van der Waals surface area (Å²) < 4.78 is 13.7. The van der Waals surface area contributed by atoms with Gasteiger partial charge in [0.2, 0.25) is 11.8 Å². The number of anilines is 1. The van der Waals surface area contributed by atoms with E-state index in [1.165, 1.54) is 23.9 Å². The Bertz CT molecular complexity index is 1220. The number of nitrogens with one attached hydrogen (secondary N) is 1. The maximum absolute atomic E-state index is 13.7. The summed E-state index contributed by atoms with van der Waals surface area (Å²) in [6, 6.07) is 20.7. The number of rotatable bonds is 6. The van der Waals surface area contributed by atoms with Crippen LogP contribution in [-0.2, 0) is 16.1 Å². The Labute approximate surface area is 200 Å². The number of halogens is 2. The molecule has 8 heteroatoms. The monoisotopic (exact) mass is 481 g/mol. The quantitative estimate of drug-likeness (QED) is 0.473. The highest BCUT2D eigenvalue weighted by Crippen LogP contribution is 2.33. The molecule has 1 heterocycles. The summed E-state index contributed by atoms with van der Waals surface area (Å²) in [7, 11) is 0. The second-order valence-corrected chi connectivity index (χ2v) is 9.18. The van der Waals surface area contributed by atoms with Crippen LogP contribution in [0.4, 0.5) is 15.8 Å². The number of benzene rings is 3. The number of amidine groups is 1. The van der Waals surface area contributed by atoms with Gasteiger partial charge in [0.05, 0.1) is 12.2 Å². The average molecular weight is 482 g/mol. The van der Waals surface area contributed by atoms with Crippen LogP contribution in [-0.4, -0.2) is 27.1 Å². The third-order valence-corrected chi connectivity index (χ3v) is 6.65. The smallest absolute Gasteiger partial charge is 0.242 e. The highest BCUT2D eigenvalue weighted by Gasteiger charge is 2.39. The predicted octanol–water partition coefficient (Wildman–Crippen LogP) is 5.95. The topological polar surface area (TPSA) is 61.8 Å². The van der Waals surface area contributed by atoms with Crippen molar-refractivity contribution in [1.29, 1.82) is 0 Å². The Hall–Kier alpha value is -3.16. The van der Waals surface area contributed by atoms with E-state index in [-0.39, 0.29) is 18.2 Å². The van der Waals surface area contributed by atoms with E-state index in [9.17, 15) is 14.0 Å². The molecule has 0 aromatic heterocycles. The van der Waals surface area contributed by atoms with E-state index in [2.05, 4.69) is 10.3 Å². The van der Waals surface area contributed by atoms with Gasteiger partial charge in [-0.1, -0.05) is 65.8 Å². The van der Waals surface area contributed by atoms with Crippen LogP contribution in [0.2, 0.25) is 5.02 Å². The van der Waals surface area contributed by atoms with E-state index >= 15 is 0 Å². The lowest BCUT2D eigenvalue weighted by Gasteiger charge is -2.16. The molecule has 0 radical (unpaired) electrons. The molecular formula is C25H21ClFN3O2S. The summed E-state index contributed by atoms with van der Waals surface area (Å²) >= 11 is 7.34. The van der Waals surface area contributed by atoms with E-state index in [0.29, 0.717) is 28.1 Å². The minimum Gasteiger partial charge on any atom is -0.326 e. The molecule has 5 nitrogen and oxygen atoms in total. The fraction of sp³-hybridized carbons (Fsp3) is 0.160. The summed E-state index contributed by atoms with van der Waals surface area (Å²) in [6.07, 6.45) is -0.0253. The summed E-state index contributed by atoms with van der Waals surface area (Å²) in [5.41, 5.74) is 2.81. The summed E-state index contributed by atoms with van der Waals surface area (Å²) in [5.74, 6) is -0.919. The summed E-state index contributed by atoms with van der Waals surface area (Å²) in [5, 5.41) is 3.15. The van der Waals surface area contributed by atoms with Crippen LogP contribution in [0, 0.1) is 12.7 Å². The van der Waals surface area contributed by atoms with Crippen molar-refractivity contribution in [3.05, 3.63) is 94.8 Å². The van der Waals surface area contributed by atoms with Crippen molar-refractivity contribution in [2.24, 2.45) is 4.99 Å². The lowest BCUT2D eigenvalue weighted by atomic mass is 10.2. The lowest BCUT2D eigenvalue weighted by Crippen LogP contribution is -2.33. The van der Waals surface area contributed by atoms with Crippen molar-refractivity contribution in [3.63, 3.8) is 0 Å². The highest BCUT2D eigenvalue weighted by atomic mass is 35.5. The minimum absolute atomic E-state index is 0.0253. The van der Waals surface area contributed by atoms with Gasteiger partial charge in [0.1, 0.15) is 11.1 Å². The first kappa shape index (κ1) is 23.0. The molecule has 1 saturated heterocycles. The van der Waals surface area contributed by atoms with Gasteiger partial charge in [-0.2, -0.15) is 0 Å². The molecular weight excluding hydrogens is 461 g/mol. The lowest BCUT2D eigenvalue weighted by molar-refractivity contribution is -0.128. The van der Waals surface area contributed by atoms with Crippen LogP contribution >= 0.6 is 23.4 Å². The minimum atomic E-state index is -0.637. The van der Waals surface area contributed by atoms with Gasteiger partial charge in [0.15, 0.2) is 5.17 Å². The zero-order chi connectivity index (χ0) is 23.4. The maximum atomic E-state index is 13.7. The SMILES string of the molecule is Cc1ccc(NC(=O)CC2SC(=Nc3cccc(F)c3)N(Cc3ccccc3)C2=O)cc1Cl. The van der Waals surface area contributed by atoms with Gasteiger partial charge in [-0.3, -0.25) is 14.5 Å². The van der Waals surface area contributed by atoms with Gasteiger partial charge in [-0.15, -0.1) is 0 Å². The van der Waals surface area contributed by atoms with Gasteiger partial charge < -0.3 is 5.32 Å². The van der Waals surface area contributed by atoms with E-state index in [1.54, 1.807) is 29.2 Å². The second-order valence-electron chi connectivity index (χ2n) is 7.61. The van der Waals surface area contributed by atoms with Gasteiger partial charge in [0.25, 0.3) is 0 Å². The first-order chi connectivity index (χ1) is 15.9. The Morgan fingerprint density at radius 3 is 2.64 bits per heavy atom. The number of hydrogen-bond donors (Lipinski definition) is 1. The third kappa shape index (κ3) is 5.80. The molecule has 1 atom stereocenters. The van der Waals surface area contributed by atoms with Crippen molar-refractivity contribution in [3.8, 4) is 0 Å². The van der Waals surface area contributed by atoms with E-state index in [0.717, 1.165) is 11.1 Å². The number of aryl methyl sites for hydroxylation is 1. The highest BCUT2D eigenvalue weighted by molar-refractivity contribution is 8.15. The van der Waals surface area contributed by atoms with E-state index < -0.39 is 11.1 Å². The van der Waals surface area contributed by atoms with Crippen molar-refractivity contribution in [1.82, 2.24) is 4.90 Å². The Kier molecular flexibility index (Phi) is 7.11. The van der Waals surface area contributed by atoms with Gasteiger partial charge in [-0.05, 0) is 48.4 Å². The standard InChI is InChI=1S/C25H21ClFN3O2S/c1-16-10-11-20(13-21(16)26)28-23(31)14-22-24(32)30(15-17-6-3-2-4-7-17)25(33-22)29-19-9-5-8-18(27)12-19/h2-13,22H,14-15H2,1H3,(H,28,31). The normalized spacial score (nSPS) is 16.9. The third-order valence-electron chi connectivity index (χ3n) is 5.06. The van der Waals surface area contributed by atoms with Crippen molar-refractivity contribution >= 4 is 51.7 Å². The Morgan fingerprint density at radius 1 is 1.12 bits per heavy atom. The van der Waals surface area contributed by atoms with Gasteiger partial charge >= 0.3 is 0 Å². The Morgan fingerprint density at radius 2 is 1.91 bits per heavy atom. The van der Waals surface area contributed by atoms with Crippen LogP contribution < -0.4 is 5.32 Å². The molecule has 3 aromatic carbocycles. The molecule has 0 spiro atoms. The zero-order valence-corrected chi connectivity index (χ0v) is 19.4.